The van der Waals surface area contributed by atoms with Crippen LogP contribution in [0.3, 0.4) is 0 Å². The van der Waals surface area contributed by atoms with E-state index in [1.807, 2.05) is 0 Å². The Morgan fingerprint density at radius 3 is 3.00 bits per heavy atom. The maximum Gasteiger partial charge on any atom is 0.237 e. The van der Waals surface area contributed by atoms with Gasteiger partial charge < -0.3 is 10.6 Å². The van der Waals surface area contributed by atoms with E-state index in [2.05, 4.69) is 10.6 Å². The van der Waals surface area contributed by atoms with Gasteiger partial charge in [0.15, 0.2) is 0 Å². The van der Waals surface area contributed by atoms with Gasteiger partial charge >= 0.3 is 0 Å². The number of carbonyl (C=O) groups excluding carboxylic acids is 1. The predicted molar refractivity (Wildman–Crippen MR) is 63.8 cm³/mol. The van der Waals surface area contributed by atoms with Crippen molar-refractivity contribution in [2.24, 2.45) is 0 Å². The number of benzene rings is 1. The van der Waals surface area contributed by atoms with Gasteiger partial charge in [0.2, 0.25) is 5.91 Å². The molecule has 0 saturated carbocycles. The van der Waals surface area contributed by atoms with E-state index in [0.29, 0.717) is 6.54 Å². The van der Waals surface area contributed by atoms with Crippen molar-refractivity contribution < 1.29 is 13.6 Å². The van der Waals surface area contributed by atoms with Gasteiger partial charge in [0, 0.05) is 18.7 Å². The molecule has 2 N–H and O–H groups in total. The second-order valence-corrected chi connectivity index (χ2v) is 4.46. The van der Waals surface area contributed by atoms with Gasteiger partial charge in [-0.2, -0.15) is 0 Å². The number of hydrogen-bond acceptors (Lipinski definition) is 2. The molecule has 18 heavy (non-hydrogen) atoms. The Hall–Kier alpha value is -1.49. The third-order valence-electron chi connectivity index (χ3n) is 3.08. The van der Waals surface area contributed by atoms with Crippen LogP contribution in [0.4, 0.5) is 8.78 Å². The average Bonchev–Trinajstić information content (AvgIpc) is 2.55. The summed E-state index contributed by atoms with van der Waals surface area (Å²) in [6, 6.07) is 3.00. The van der Waals surface area contributed by atoms with Gasteiger partial charge in [-0.25, -0.2) is 8.78 Å². The lowest BCUT2D eigenvalue weighted by Gasteiger charge is -2.15. The highest BCUT2D eigenvalue weighted by Crippen LogP contribution is 2.11. The van der Waals surface area contributed by atoms with Gasteiger partial charge in [-0.3, -0.25) is 4.79 Å². The summed E-state index contributed by atoms with van der Waals surface area (Å²) in [6.07, 6.45) is 2.63. The molecule has 1 aromatic rings. The molecule has 0 radical (unpaired) electrons. The van der Waals surface area contributed by atoms with E-state index in [-0.39, 0.29) is 24.1 Å². The van der Waals surface area contributed by atoms with Gasteiger partial charge in [-0.15, -0.1) is 0 Å². The van der Waals surface area contributed by atoms with E-state index in [0.717, 1.165) is 37.5 Å². The first-order valence-electron chi connectivity index (χ1n) is 6.12. The molecular formula is C13H16F2N2O. The van der Waals surface area contributed by atoms with E-state index in [1.165, 1.54) is 0 Å². The van der Waals surface area contributed by atoms with E-state index < -0.39 is 11.6 Å². The van der Waals surface area contributed by atoms with Gasteiger partial charge in [0.25, 0.3) is 0 Å². The Kier molecular flexibility index (Phi) is 4.25. The fourth-order valence-electron chi connectivity index (χ4n) is 2.05. The lowest BCUT2D eigenvalue weighted by atomic mass is 10.1. The first-order valence-corrected chi connectivity index (χ1v) is 6.12. The first kappa shape index (κ1) is 13.0. The summed E-state index contributed by atoms with van der Waals surface area (Å²) in [5.41, 5.74) is 0.243. The minimum Gasteiger partial charge on any atom is -0.355 e. The highest BCUT2D eigenvalue weighted by atomic mass is 19.1. The average molecular weight is 254 g/mol. The normalized spacial score (nSPS) is 20.3. The van der Waals surface area contributed by atoms with E-state index in [9.17, 15) is 13.6 Å². The summed E-state index contributed by atoms with van der Waals surface area (Å²) in [5, 5.41) is 5.76. The highest BCUT2D eigenvalue weighted by Gasteiger charge is 2.20. The number of hydrogen-bond donors (Lipinski definition) is 2. The third-order valence-corrected chi connectivity index (χ3v) is 3.08. The topological polar surface area (TPSA) is 41.1 Å². The van der Waals surface area contributed by atoms with E-state index in [1.54, 1.807) is 0 Å². The lowest BCUT2D eigenvalue weighted by Crippen LogP contribution is -2.42. The van der Waals surface area contributed by atoms with E-state index in [4.69, 9.17) is 0 Å². The maximum absolute atomic E-state index is 13.4. The maximum atomic E-state index is 13.4. The zero-order valence-electron chi connectivity index (χ0n) is 10.0. The molecular weight excluding hydrogens is 238 g/mol. The Morgan fingerprint density at radius 1 is 1.33 bits per heavy atom. The molecule has 0 aromatic heterocycles. The van der Waals surface area contributed by atoms with Crippen LogP contribution in [0.2, 0.25) is 0 Å². The molecule has 1 fully saturated rings. The third kappa shape index (κ3) is 3.26. The van der Waals surface area contributed by atoms with Crippen LogP contribution in [-0.2, 0) is 11.3 Å². The molecule has 0 bridgehead atoms. The summed E-state index contributed by atoms with van der Waals surface area (Å²) in [6.45, 7) is 0.840. The van der Waals surface area contributed by atoms with Crippen LogP contribution < -0.4 is 10.6 Å². The van der Waals surface area contributed by atoms with Crippen molar-refractivity contribution >= 4 is 5.91 Å². The Bertz CT molecular complexity index is 437. The first-order chi connectivity index (χ1) is 8.66. The SMILES string of the molecule is O=C1NCCCCC1NCc1cc(F)ccc1F. The molecule has 0 aliphatic carbocycles. The monoisotopic (exact) mass is 254 g/mol. The van der Waals surface area contributed by atoms with Crippen molar-refractivity contribution in [3.8, 4) is 0 Å². The summed E-state index contributed by atoms with van der Waals surface area (Å²) < 4.78 is 26.4. The van der Waals surface area contributed by atoms with Crippen LogP contribution in [0.1, 0.15) is 24.8 Å². The molecule has 1 aliphatic rings. The molecule has 98 valence electrons. The molecule has 2 rings (SSSR count). The van der Waals surface area contributed by atoms with E-state index >= 15 is 0 Å². The van der Waals surface area contributed by atoms with Gasteiger partial charge in [-0.05, 0) is 37.5 Å². The van der Waals surface area contributed by atoms with Crippen LogP contribution in [0.15, 0.2) is 18.2 Å². The van der Waals surface area contributed by atoms with Crippen molar-refractivity contribution in [3.63, 3.8) is 0 Å². The summed E-state index contributed by atoms with van der Waals surface area (Å²) in [7, 11) is 0. The largest absolute Gasteiger partial charge is 0.355 e. The molecule has 1 aliphatic heterocycles. The molecule has 3 nitrogen and oxygen atoms in total. The fourth-order valence-corrected chi connectivity index (χ4v) is 2.05. The molecule has 1 heterocycles. The molecule has 0 spiro atoms. The fraction of sp³-hybridized carbons (Fsp3) is 0.462. The standard InChI is InChI=1S/C13H16F2N2O/c14-10-4-5-11(15)9(7-10)8-17-12-3-1-2-6-16-13(12)18/h4-5,7,12,17H,1-3,6,8H2,(H,16,18). The molecule has 1 saturated heterocycles. The lowest BCUT2D eigenvalue weighted by molar-refractivity contribution is -0.122. The second kappa shape index (κ2) is 5.91. The number of rotatable bonds is 3. The molecule has 1 unspecified atom stereocenters. The Labute approximate surface area is 105 Å². The van der Waals surface area contributed by atoms with Crippen molar-refractivity contribution in [2.45, 2.75) is 31.8 Å². The van der Waals surface area contributed by atoms with Crippen molar-refractivity contribution in [1.82, 2.24) is 10.6 Å². The Balaban J connectivity index is 1.97. The number of nitrogens with one attached hydrogen (secondary N) is 2. The molecule has 1 amide bonds. The van der Waals surface area contributed by atoms with Crippen LogP contribution in [-0.4, -0.2) is 18.5 Å². The highest BCUT2D eigenvalue weighted by molar-refractivity contribution is 5.81. The number of halogens is 2. The minimum absolute atomic E-state index is 0.0655. The number of carbonyl (C=O) groups is 1. The molecule has 1 aromatic carbocycles. The molecule has 1 atom stereocenters. The quantitative estimate of drug-likeness (QED) is 0.862. The summed E-state index contributed by atoms with van der Waals surface area (Å²) >= 11 is 0. The van der Waals surface area contributed by atoms with Gasteiger partial charge in [0.05, 0.1) is 6.04 Å². The van der Waals surface area contributed by atoms with Crippen LogP contribution >= 0.6 is 0 Å². The minimum atomic E-state index is -0.474. The zero-order chi connectivity index (χ0) is 13.0. The second-order valence-electron chi connectivity index (χ2n) is 4.46. The van der Waals surface area contributed by atoms with Crippen molar-refractivity contribution in [1.29, 1.82) is 0 Å². The van der Waals surface area contributed by atoms with Crippen molar-refractivity contribution in [3.05, 3.63) is 35.4 Å². The zero-order valence-corrected chi connectivity index (χ0v) is 10.0. The Morgan fingerprint density at radius 2 is 2.17 bits per heavy atom. The van der Waals surface area contributed by atoms with Gasteiger partial charge in [0.1, 0.15) is 11.6 Å². The summed E-state index contributed by atoms with van der Waals surface area (Å²) in [4.78, 5) is 11.6. The summed E-state index contributed by atoms with van der Waals surface area (Å²) in [5.74, 6) is -0.999. The van der Waals surface area contributed by atoms with Crippen LogP contribution in [0, 0.1) is 11.6 Å². The smallest absolute Gasteiger partial charge is 0.237 e. The number of amides is 1. The molecule has 5 heteroatoms. The van der Waals surface area contributed by atoms with Gasteiger partial charge in [-0.1, -0.05) is 0 Å². The van der Waals surface area contributed by atoms with Crippen LogP contribution in [0.25, 0.3) is 0 Å². The van der Waals surface area contributed by atoms with Crippen LogP contribution in [0.5, 0.6) is 0 Å². The predicted octanol–water partition coefficient (Wildman–Crippen LogP) is 1.72. The van der Waals surface area contributed by atoms with Crippen molar-refractivity contribution in [2.75, 3.05) is 6.54 Å².